The highest BCUT2D eigenvalue weighted by Gasteiger charge is 2.10. The number of hydrogen-bond donors (Lipinski definition) is 3. The Morgan fingerprint density at radius 1 is 1.36 bits per heavy atom. The average molecular weight is 412 g/mol. The predicted octanol–water partition coefficient (Wildman–Crippen LogP) is 1.67. The first-order valence-electron chi connectivity index (χ1n) is 6.66. The lowest BCUT2D eigenvalue weighted by Gasteiger charge is -2.08. The summed E-state index contributed by atoms with van der Waals surface area (Å²) in [7, 11) is 0. The van der Waals surface area contributed by atoms with Crippen LogP contribution in [0.15, 0.2) is 30.0 Å². The van der Waals surface area contributed by atoms with Crippen LogP contribution in [0.25, 0.3) is 0 Å². The lowest BCUT2D eigenvalue weighted by Crippen LogP contribution is -2.20. The maximum atomic E-state index is 12.0. The molecule has 1 aromatic carbocycles. The lowest BCUT2D eigenvalue weighted by molar-refractivity contribution is -0.112. The summed E-state index contributed by atoms with van der Waals surface area (Å²) in [6.07, 6.45) is 2.72. The van der Waals surface area contributed by atoms with Crippen molar-refractivity contribution in [1.29, 1.82) is 5.26 Å². The van der Waals surface area contributed by atoms with Gasteiger partial charge < -0.3 is 16.0 Å². The van der Waals surface area contributed by atoms with Crippen LogP contribution in [0, 0.1) is 21.8 Å². The molecule has 116 valence electrons. The number of amides is 2. The Kier molecular flexibility index (Phi) is 7.99. The molecule has 1 rings (SSSR count). The maximum Gasteiger partial charge on any atom is 0.267 e. The summed E-state index contributed by atoms with van der Waals surface area (Å²) in [5.41, 5.74) is 1.62. The van der Waals surface area contributed by atoms with Gasteiger partial charge in [0.1, 0.15) is 11.6 Å². The molecule has 0 unspecified atom stereocenters. The van der Waals surface area contributed by atoms with E-state index in [0.29, 0.717) is 31.6 Å². The van der Waals surface area contributed by atoms with Crippen molar-refractivity contribution in [2.75, 3.05) is 18.4 Å². The minimum absolute atomic E-state index is 0.00120. The van der Waals surface area contributed by atoms with Gasteiger partial charge in [0.15, 0.2) is 0 Å². The first kappa shape index (κ1) is 18.0. The molecular formula is C15H17IN4O2. The molecule has 7 heteroatoms. The van der Waals surface area contributed by atoms with E-state index in [2.05, 4.69) is 38.5 Å². The number of nitrogens with one attached hydrogen (secondary N) is 3. The van der Waals surface area contributed by atoms with Crippen LogP contribution >= 0.6 is 22.6 Å². The third-order valence-corrected chi connectivity index (χ3v) is 3.44. The number of halogens is 1. The molecule has 0 aliphatic carbocycles. The zero-order valence-corrected chi connectivity index (χ0v) is 14.3. The van der Waals surface area contributed by atoms with E-state index < -0.39 is 5.91 Å². The number of nitrogens with zero attached hydrogens (tertiary/aromatic N) is 1. The van der Waals surface area contributed by atoms with Crippen LogP contribution in [-0.4, -0.2) is 25.4 Å². The average Bonchev–Trinajstić information content (AvgIpc) is 2.49. The molecule has 0 saturated carbocycles. The molecular weight excluding hydrogens is 395 g/mol. The molecule has 2 amide bonds. The highest BCUT2D eigenvalue weighted by Crippen LogP contribution is 2.18. The summed E-state index contributed by atoms with van der Waals surface area (Å²) >= 11 is 2.20. The molecule has 0 radical (unpaired) electrons. The van der Waals surface area contributed by atoms with E-state index in [9.17, 15) is 9.59 Å². The minimum atomic E-state index is -0.453. The second kappa shape index (κ2) is 9.78. The molecule has 0 aliphatic rings. The van der Waals surface area contributed by atoms with Gasteiger partial charge in [-0.2, -0.15) is 5.26 Å². The van der Waals surface area contributed by atoms with Crippen LogP contribution < -0.4 is 16.0 Å². The van der Waals surface area contributed by atoms with E-state index in [-0.39, 0.29) is 5.57 Å². The second-order valence-electron chi connectivity index (χ2n) is 4.46. The quantitative estimate of drug-likeness (QED) is 0.199. The van der Waals surface area contributed by atoms with E-state index in [1.807, 2.05) is 31.2 Å². The van der Waals surface area contributed by atoms with Gasteiger partial charge in [0, 0.05) is 28.5 Å². The van der Waals surface area contributed by atoms with Gasteiger partial charge in [0.05, 0.1) is 0 Å². The van der Waals surface area contributed by atoms with Crippen LogP contribution in [0.2, 0.25) is 0 Å². The van der Waals surface area contributed by atoms with Gasteiger partial charge in [0.25, 0.3) is 5.91 Å². The van der Waals surface area contributed by atoms with Crippen LogP contribution in [0.5, 0.6) is 0 Å². The molecule has 6 nitrogen and oxygen atoms in total. The summed E-state index contributed by atoms with van der Waals surface area (Å²) in [5.74, 6) is -0.453. The fourth-order valence-corrected chi connectivity index (χ4v) is 2.28. The Bertz CT molecular complexity index is 608. The van der Waals surface area contributed by atoms with Gasteiger partial charge >= 0.3 is 0 Å². The summed E-state index contributed by atoms with van der Waals surface area (Å²) in [5, 5.41) is 17.2. The Hall–Kier alpha value is -2.08. The van der Waals surface area contributed by atoms with Crippen LogP contribution in [0.1, 0.15) is 12.0 Å². The lowest BCUT2D eigenvalue weighted by atomic mass is 10.2. The molecule has 0 aliphatic heterocycles. The van der Waals surface area contributed by atoms with Gasteiger partial charge in [0.2, 0.25) is 6.41 Å². The molecule has 0 saturated heterocycles. The second-order valence-corrected chi connectivity index (χ2v) is 5.71. The van der Waals surface area contributed by atoms with Gasteiger partial charge in [-0.05, 0) is 59.7 Å². The first-order chi connectivity index (χ1) is 10.6. The van der Waals surface area contributed by atoms with Gasteiger partial charge in [-0.3, -0.25) is 9.59 Å². The molecule has 0 heterocycles. The topological polar surface area (TPSA) is 94.0 Å². The third-order valence-electron chi connectivity index (χ3n) is 2.77. The normalized spacial score (nSPS) is 10.5. The van der Waals surface area contributed by atoms with E-state index in [4.69, 9.17) is 5.26 Å². The molecule has 0 aromatic heterocycles. The summed E-state index contributed by atoms with van der Waals surface area (Å²) in [6.45, 7) is 2.99. The standard InChI is InChI=1S/C15H17IN4O2/c1-11-7-13(16)3-4-14(11)20-15(22)12(8-17)9-18-5-2-6-19-10-21/h3-4,7,9-10,18H,2,5-6H2,1H3,(H,19,21)(H,20,22)/b12-9-. The number of rotatable bonds is 8. The van der Waals surface area contributed by atoms with Crippen molar-refractivity contribution in [2.45, 2.75) is 13.3 Å². The Morgan fingerprint density at radius 3 is 2.73 bits per heavy atom. The highest BCUT2D eigenvalue weighted by atomic mass is 127. The smallest absolute Gasteiger partial charge is 0.267 e. The number of aryl methyl sites for hydroxylation is 1. The number of carbonyl (C=O) groups excluding carboxylic acids is 2. The Labute approximate surface area is 143 Å². The van der Waals surface area contributed by atoms with Crippen LogP contribution in [-0.2, 0) is 9.59 Å². The van der Waals surface area contributed by atoms with E-state index in [1.54, 1.807) is 0 Å². The Balaban J connectivity index is 2.57. The van der Waals surface area contributed by atoms with Crippen molar-refractivity contribution in [3.63, 3.8) is 0 Å². The van der Waals surface area contributed by atoms with Gasteiger partial charge in [-0.1, -0.05) is 0 Å². The first-order valence-corrected chi connectivity index (χ1v) is 7.74. The molecule has 1 aromatic rings. The number of hydrogen-bond acceptors (Lipinski definition) is 4. The van der Waals surface area contributed by atoms with Crippen molar-refractivity contribution in [3.8, 4) is 6.07 Å². The maximum absolute atomic E-state index is 12.0. The molecule has 0 bridgehead atoms. The Morgan fingerprint density at radius 2 is 2.09 bits per heavy atom. The molecule has 0 spiro atoms. The van der Waals surface area contributed by atoms with Crippen molar-refractivity contribution in [2.24, 2.45) is 0 Å². The molecule has 0 atom stereocenters. The SMILES string of the molecule is Cc1cc(I)ccc1NC(=O)/C(C#N)=C\NCCCNC=O. The monoisotopic (exact) mass is 412 g/mol. The van der Waals surface area contributed by atoms with Gasteiger partial charge in [-0.15, -0.1) is 0 Å². The minimum Gasteiger partial charge on any atom is -0.390 e. The number of benzene rings is 1. The number of anilines is 1. The number of carbonyl (C=O) groups is 2. The molecule has 3 N–H and O–H groups in total. The van der Waals surface area contributed by atoms with Crippen molar-refractivity contribution in [3.05, 3.63) is 39.1 Å². The summed E-state index contributed by atoms with van der Waals surface area (Å²) in [6, 6.07) is 7.51. The predicted molar refractivity (Wildman–Crippen MR) is 92.9 cm³/mol. The highest BCUT2D eigenvalue weighted by molar-refractivity contribution is 14.1. The van der Waals surface area contributed by atoms with Crippen molar-refractivity contribution < 1.29 is 9.59 Å². The fraction of sp³-hybridized carbons (Fsp3) is 0.267. The van der Waals surface area contributed by atoms with Gasteiger partial charge in [-0.25, -0.2) is 0 Å². The van der Waals surface area contributed by atoms with Crippen LogP contribution in [0.4, 0.5) is 5.69 Å². The fourth-order valence-electron chi connectivity index (χ4n) is 1.63. The molecule has 0 fully saturated rings. The molecule has 22 heavy (non-hydrogen) atoms. The van der Waals surface area contributed by atoms with E-state index in [1.165, 1.54) is 6.20 Å². The van der Waals surface area contributed by atoms with E-state index in [0.717, 1.165) is 9.13 Å². The largest absolute Gasteiger partial charge is 0.390 e. The van der Waals surface area contributed by atoms with Crippen molar-refractivity contribution in [1.82, 2.24) is 10.6 Å². The third kappa shape index (κ3) is 6.13. The van der Waals surface area contributed by atoms with E-state index >= 15 is 0 Å². The zero-order valence-electron chi connectivity index (χ0n) is 12.1. The number of nitriles is 1. The summed E-state index contributed by atoms with van der Waals surface area (Å²) in [4.78, 5) is 22.1. The summed E-state index contributed by atoms with van der Waals surface area (Å²) < 4.78 is 1.08. The van der Waals surface area contributed by atoms with Crippen LogP contribution in [0.3, 0.4) is 0 Å². The van der Waals surface area contributed by atoms with Crippen molar-refractivity contribution >= 4 is 40.6 Å². The zero-order chi connectivity index (χ0) is 16.4.